The van der Waals surface area contributed by atoms with Crippen LogP contribution in [0.4, 0.5) is 5.82 Å². The lowest BCUT2D eigenvalue weighted by Gasteiger charge is -2.06. The van der Waals surface area contributed by atoms with Gasteiger partial charge in [0.05, 0.1) is 18.0 Å². The molecular weight excluding hydrogens is 360 g/mol. The van der Waals surface area contributed by atoms with E-state index in [0.717, 1.165) is 40.7 Å². The van der Waals surface area contributed by atoms with Crippen molar-refractivity contribution in [2.75, 3.05) is 11.9 Å². The number of rotatable bonds is 8. The summed E-state index contributed by atoms with van der Waals surface area (Å²) in [5.41, 5.74) is 2.71. The zero-order chi connectivity index (χ0) is 19.2. The van der Waals surface area contributed by atoms with E-state index >= 15 is 0 Å². The normalized spacial score (nSPS) is 10.8. The fraction of sp³-hybridized carbons (Fsp3) is 0.350. The van der Waals surface area contributed by atoms with Gasteiger partial charge in [-0.3, -0.25) is 4.79 Å². The molecule has 3 aromatic rings. The van der Waals surface area contributed by atoms with Crippen LogP contribution in [0, 0.1) is 6.92 Å². The van der Waals surface area contributed by atoms with E-state index in [9.17, 15) is 4.79 Å². The number of hydrogen-bond acceptors (Lipinski definition) is 5. The Morgan fingerprint density at radius 1 is 1.26 bits per heavy atom. The molecule has 6 nitrogen and oxygen atoms in total. The van der Waals surface area contributed by atoms with Gasteiger partial charge in [0.1, 0.15) is 11.6 Å². The van der Waals surface area contributed by atoms with Crippen LogP contribution >= 0.6 is 11.3 Å². The minimum absolute atomic E-state index is 0.00120. The number of ether oxygens (including phenoxy) is 1. The van der Waals surface area contributed by atoms with Crippen LogP contribution in [0.15, 0.2) is 35.7 Å². The standard InChI is InChI=1S/C20H24N4O2S/c1-4-6-7-19(25)22-18-12-14(3)23-24(18)20-21-17(13-27-20)15-8-10-16(11-9-15)26-5-2/h8-13H,4-7H2,1-3H3,(H,22,25). The second-order valence-corrected chi connectivity index (χ2v) is 7.04. The van der Waals surface area contributed by atoms with Crippen LogP contribution in [0.1, 0.15) is 38.8 Å². The number of thiazole rings is 1. The van der Waals surface area contributed by atoms with Gasteiger partial charge in [0.15, 0.2) is 0 Å². The first-order valence-corrected chi connectivity index (χ1v) is 10.0. The van der Waals surface area contributed by atoms with Crippen molar-refractivity contribution in [2.45, 2.75) is 40.0 Å². The Morgan fingerprint density at radius 2 is 2.04 bits per heavy atom. The molecule has 0 fully saturated rings. The minimum Gasteiger partial charge on any atom is -0.494 e. The van der Waals surface area contributed by atoms with Gasteiger partial charge in [0, 0.05) is 23.4 Å². The fourth-order valence-corrected chi connectivity index (χ4v) is 3.46. The summed E-state index contributed by atoms with van der Waals surface area (Å²) in [7, 11) is 0. The predicted octanol–water partition coefficient (Wildman–Crippen LogP) is 4.83. The van der Waals surface area contributed by atoms with Crippen molar-refractivity contribution in [3.05, 3.63) is 41.4 Å². The number of hydrogen-bond donors (Lipinski definition) is 1. The Balaban J connectivity index is 1.81. The molecular formula is C20H24N4O2S. The van der Waals surface area contributed by atoms with E-state index in [4.69, 9.17) is 9.72 Å². The maximum Gasteiger partial charge on any atom is 0.225 e. The molecule has 0 unspecified atom stereocenters. The molecule has 1 N–H and O–H groups in total. The lowest BCUT2D eigenvalue weighted by Crippen LogP contribution is -2.14. The topological polar surface area (TPSA) is 69.0 Å². The maximum absolute atomic E-state index is 12.1. The number of nitrogens with zero attached hydrogens (tertiary/aromatic N) is 3. The molecule has 3 rings (SSSR count). The molecule has 2 heterocycles. The Morgan fingerprint density at radius 3 is 2.74 bits per heavy atom. The first-order valence-electron chi connectivity index (χ1n) is 9.16. The maximum atomic E-state index is 12.1. The number of anilines is 1. The highest BCUT2D eigenvalue weighted by Crippen LogP contribution is 2.27. The molecule has 1 aromatic carbocycles. The molecule has 0 saturated heterocycles. The summed E-state index contributed by atoms with van der Waals surface area (Å²) in [5, 5.41) is 10.1. The number of benzene rings is 1. The highest BCUT2D eigenvalue weighted by atomic mass is 32.1. The van der Waals surface area contributed by atoms with Gasteiger partial charge in [-0.05, 0) is 44.5 Å². The van der Waals surface area contributed by atoms with Crippen LogP contribution < -0.4 is 10.1 Å². The lowest BCUT2D eigenvalue weighted by atomic mass is 10.2. The van der Waals surface area contributed by atoms with Crippen LogP contribution in [0.5, 0.6) is 5.75 Å². The summed E-state index contributed by atoms with van der Waals surface area (Å²) < 4.78 is 7.18. The zero-order valence-corrected chi connectivity index (χ0v) is 16.7. The van der Waals surface area contributed by atoms with Crippen LogP contribution in [-0.4, -0.2) is 27.3 Å². The Kier molecular flexibility index (Phi) is 6.24. The number of carbonyl (C=O) groups excluding carboxylic acids is 1. The van der Waals surface area contributed by atoms with E-state index in [1.807, 2.05) is 49.6 Å². The van der Waals surface area contributed by atoms with E-state index < -0.39 is 0 Å². The van der Waals surface area contributed by atoms with Gasteiger partial charge >= 0.3 is 0 Å². The van der Waals surface area contributed by atoms with Crippen molar-refractivity contribution in [3.63, 3.8) is 0 Å². The Hall–Kier alpha value is -2.67. The molecule has 2 aromatic heterocycles. The summed E-state index contributed by atoms with van der Waals surface area (Å²) in [6, 6.07) is 9.73. The van der Waals surface area contributed by atoms with Crippen molar-refractivity contribution in [3.8, 4) is 22.1 Å². The van der Waals surface area contributed by atoms with Crippen LogP contribution in [0.3, 0.4) is 0 Å². The second kappa shape index (κ2) is 8.81. The van der Waals surface area contributed by atoms with Gasteiger partial charge in [-0.25, -0.2) is 4.98 Å². The molecule has 0 spiro atoms. The number of unbranched alkanes of at least 4 members (excludes halogenated alkanes) is 1. The Labute approximate surface area is 163 Å². The van der Waals surface area contributed by atoms with Crippen LogP contribution in [-0.2, 0) is 4.79 Å². The van der Waals surface area contributed by atoms with Crippen molar-refractivity contribution in [1.29, 1.82) is 0 Å². The summed E-state index contributed by atoms with van der Waals surface area (Å²) in [5.74, 6) is 1.50. The lowest BCUT2D eigenvalue weighted by molar-refractivity contribution is -0.116. The monoisotopic (exact) mass is 384 g/mol. The van der Waals surface area contributed by atoms with Crippen LogP contribution in [0.2, 0.25) is 0 Å². The fourth-order valence-electron chi connectivity index (χ4n) is 2.66. The molecule has 0 atom stereocenters. The molecule has 0 aliphatic heterocycles. The van der Waals surface area contributed by atoms with E-state index in [-0.39, 0.29) is 5.91 Å². The van der Waals surface area contributed by atoms with Gasteiger partial charge < -0.3 is 10.1 Å². The molecule has 0 radical (unpaired) electrons. The van der Waals surface area contributed by atoms with E-state index in [0.29, 0.717) is 18.8 Å². The summed E-state index contributed by atoms with van der Waals surface area (Å²) >= 11 is 1.49. The highest BCUT2D eigenvalue weighted by molar-refractivity contribution is 7.12. The van der Waals surface area contributed by atoms with E-state index in [1.54, 1.807) is 4.68 Å². The van der Waals surface area contributed by atoms with E-state index in [1.165, 1.54) is 11.3 Å². The van der Waals surface area contributed by atoms with Crippen LogP contribution in [0.25, 0.3) is 16.4 Å². The third-order valence-corrected chi connectivity index (χ3v) is 4.81. The van der Waals surface area contributed by atoms with Gasteiger partial charge in [-0.15, -0.1) is 11.3 Å². The van der Waals surface area contributed by atoms with Crippen molar-refractivity contribution in [2.24, 2.45) is 0 Å². The highest BCUT2D eigenvalue weighted by Gasteiger charge is 2.14. The average molecular weight is 385 g/mol. The van der Waals surface area contributed by atoms with E-state index in [2.05, 4.69) is 17.3 Å². The van der Waals surface area contributed by atoms with Gasteiger partial charge in [-0.1, -0.05) is 13.3 Å². The molecule has 0 bridgehead atoms. The first kappa shape index (κ1) is 19.1. The molecule has 1 amide bonds. The largest absolute Gasteiger partial charge is 0.494 e. The molecule has 142 valence electrons. The number of aryl methyl sites for hydroxylation is 1. The number of carbonyl (C=O) groups is 1. The third-order valence-electron chi connectivity index (χ3n) is 3.99. The molecule has 0 aliphatic rings. The summed E-state index contributed by atoms with van der Waals surface area (Å²) in [6.45, 7) is 6.58. The smallest absolute Gasteiger partial charge is 0.225 e. The molecule has 0 aliphatic carbocycles. The number of amides is 1. The number of aromatic nitrogens is 3. The van der Waals surface area contributed by atoms with Gasteiger partial charge in [-0.2, -0.15) is 9.78 Å². The average Bonchev–Trinajstić information content (AvgIpc) is 3.27. The van der Waals surface area contributed by atoms with Crippen molar-refractivity contribution in [1.82, 2.24) is 14.8 Å². The summed E-state index contributed by atoms with van der Waals surface area (Å²) in [4.78, 5) is 16.8. The summed E-state index contributed by atoms with van der Waals surface area (Å²) in [6.07, 6.45) is 2.37. The van der Waals surface area contributed by atoms with Crippen molar-refractivity contribution < 1.29 is 9.53 Å². The number of nitrogens with one attached hydrogen (secondary N) is 1. The second-order valence-electron chi connectivity index (χ2n) is 6.21. The van der Waals surface area contributed by atoms with Crippen molar-refractivity contribution >= 4 is 23.1 Å². The predicted molar refractivity (Wildman–Crippen MR) is 109 cm³/mol. The van der Waals surface area contributed by atoms with Gasteiger partial charge in [0.25, 0.3) is 0 Å². The molecule has 7 heteroatoms. The Bertz CT molecular complexity index is 899. The first-order chi connectivity index (χ1) is 13.1. The SMILES string of the molecule is CCCCC(=O)Nc1cc(C)nn1-c1nc(-c2ccc(OCC)cc2)cs1. The molecule has 0 saturated carbocycles. The van der Waals surface area contributed by atoms with Gasteiger partial charge in [0.2, 0.25) is 11.0 Å². The third kappa shape index (κ3) is 4.74. The minimum atomic E-state index is 0.00120. The molecule has 27 heavy (non-hydrogen) atoms. The zero-order valence-electron chi connectivity index (χ0n) is 15.9. The quantitative estimate of drug-likeness (QED) is 0.604.